The topological polar surface area (TPSA) is 105 Å². The van der Waals surface area contributed by atoms with E-state index in [1.807, 2.05) is 0 Å². The second-order valence-electron chi connectivity index (χ2n) is 5.80. The molecule has 0 saturated heterocycles. The smallest absolute Gasteiger partial charge is 0.322 e. The lowest BCUT2D eigenvalue weighted by Gasteiger charge is -2.11. The van der Waals surface area contributed by atoms with Gasteiger partial charge in [0.25, 0.3) is 5.91 Å². The molecule has 0 atom stereocenters. The zero-order valence-corrected chi connectivity index (χ0v) is 17.8. The molecule has 1 N–H and O–H groups in total. The molecule has 3 rings (SSSR count). The van der Waals surface area contributed by atoms with E-state index in [0.29, 0.717) is 10.0 Å². The van der Waals surface area contributed by atoms with Crippen molar-refractivity contribution >= 4 is 49.5 Å². The molecule has 2 aromatic carbocycles. The molecule has 1 heterocycles. The van der Waals surface area contributed by atoms with E-state index in [2.05, 4.69) is 31.4 Å². The molecule has 11 heteroatoms. The van der Waals surface area contributed by atoms with Crippen molar-refractivity contribution in [3.05, 3.63) is 57.5 Å². The van der Waals surface area contributed by atoms with Gasteiger partial charge in [-0.2, -0.15) is 0 Å². The predicted molar refractivity (Wildman–Crippen MR) is 108 cm³/mol. The number of rotatable bonds is 5. The van der Waals surface area contributed by atoms with Gasteiger partial charge in [-0.1, -0.05) is 32.6 Å². The van der Waals surface area contributed by atoms with Gasteiger partial charge < -0.3 is 4.42 Å². The summed E-state index contributed by atoms with van der Waals surface area (Å²) in [4.78, 5) is 12.5. The summed E-state index contributed by atoms with van der Waals surface area (Å²) in [6, 6.07) is 10.7. The third kappa shape index (κ3) is 4.25. The Morgan fingerprint density at radius 3 is 2.46 bits per heavy atom. The van der Waals surface area contributed by atoms with Crippen molar-refractivity contribution in [2.45, 2.75) is 4.90 Å². The minimum atomic E-state index is -3.53. The molecular formula is C17H14BrClN4O4S. The molecule has 0 bridgehead atoms. The first-order valence-corrected chi connectivity index (χ1v) is 10.4. The van der Waals surface area contributed by atoms with Crippen LogP contribution in [0.1, 0.15) is 10.4 Å². The molecule has 0 unspecified atom stereocenters. The van der Waals surface area contributed by atoms with Crippen LogP contribution in [-0.4, -0.2) is 42.9 Å². The Labute approximate surface area is 174 Å². The molecule has 28 heavy (non-hydrogen) atoms. The average molecular weight is 486 g/mol. The molecular weight excluding hydrogens is 472 g/mol. The van der Waals surface area contributed by atoms with E-state index in [-0.39, 0.29) is 27.4 Å². The van der Waals surface area contributed by atoms with Gasteiger partial charge in [-0.3, -0.25) is 10.1 Å². The Kier molecular flexibility index (Phi) is 5.84. The van der Waals surface area contributed by atoms with Crippen LogP contribution in [0.15, 0.2) is 56.2 Å². The highest BCUT2D eigenvalue weighted by atomic mass is 79.9. The Balaban J connectivity index is 1.79. The van der Waals surface area contributed by atoms with Gasteiger partial charge in [-0.05, 0) is 42.5 Å². The summed E-state index contributed by atoms with van der Waals surface area (Å²) in [7, 11) is -0.627. The van der Waals surface area contributed by atoms with E-state index >= 15 is 0 Å². The fourth-order valence-corrected chi connectivity index (χ4v) is 3.67. The van der Waals surface area contributed by atoms with Crippen LogP contribution in [0.25, 0.3) is 11.5 Å². The van der Waals surface area contributed by atoms with E-state index in [1.54, 1.807) is 30.3 Å². The molecule has 146 valence electrons. The van der Waals surface area contributed by atoms with E-state index in [4.69, 9.17) is 16.0 Å². The van der Waals surface area contributed by atoms with Gasteiger partial charge >= 0.3 is 6.01 Å². The molecule has 0 radical (unpaired) electrons. The summed E-state index contributed by atoms with van der Waals surface area (Å²) >= 11 is 9.31. The number of carbonyl (C=O) groups excluding carboxylic acids is 1. The number of hydrogen-bond acceptors (Lipinski definition) is 6. The number of sulfonamides is 1. The monoisotopic (exact) mass is 484 g/mol. The highest BCUT2D eigenvalue weighted by Gasteiger charge is 2.19. The first kappa shape index (κ1) is 20.5. The number of hydrogen-bond donors (Lipinski definition) is 1. The van der Waals surface area contributed by atoms with Crippen molar-refractivity contribution in [3.8, 4) is 11.5 Å². The van der Waals surface area contributed by atoms with Gasteiger partial charge in [-0.15, -0.1) is 5.10 Å². The number of halogens is 2. The fourth-order valence-electron chi connectivity index (χ4n) is 2.21. The van der Waals surface area contributed by atoms with E-state index in [0.717, 1.165) is 4.31 Å². The highest BCUT2D eigenvalue weighted by Crippen LogP contribution is 2.25. The standard InChI is InChI=1S/C17H14BrClN4O4S/c1-23(2)28(25,26)12-6-3-10(4-7-12)16-21-22-17(27-16)20-15(24)13-9-11(18)5-8-14(13)19/h3-9H,1-2H3,(H,20,22,24). The summed E-state index contributed by atoms with van der Waals surface area (Å²) in [5, 5.41) is 10.4. The first-order chi connectivity index (χ1) is 13.2. The van der Waals surface area contributed by atoms with Crippen molar-refractivity contribution < 1.29 is 17.6 Å². The van der Waals surface area contributed by atoms with Crippen LogP contribution in [0.3, 0.4) is 0 Å². The SMILES string of the molecule is CN(C)S(=O)(=O)c1ccc(-c2nnc(NC(=O)c3cc(Br)ccc3Cl)o2)cc1. The van der Waals surface area contributed by atoms with Gasteiger partial charge in [0.15, 0.2) is 0 Å². The maximum Gasteiger partial charge on any atom is 0.322 e. The number of anilines is 1. The minimum absolute atomic E-state index is 0.110. The quantitative estimate of drug-likeness (QED) is 0.591. The van der Waals surface area contributed by atoms with Crippen LogP contribution in [-0.2, 0) is 10.0 Å². The maximum atomic E-state index is 12.3. The van der Waals surface area contributed by atoms with Crippen molar-refractivity contribution in [3.63, 3.8) is 0 Å². The molecule has 0 spiro atoms. The number of nitrogens with zero attached hydrogens (tertiary/aromatic N) is 3. The number of carbonyl (C=O) groups is 1. The lowest BCUT2D eigenvalue weighted by atomic mass is 10.2. The van der Waals surface area contributed by atoms with Crippen LogP contribution < -0.4 is 5.32 Å². The maximum absolute atomic E-state index is 12.3. The minimum Gasteiger partial charge on any atom is -0.403 e. The van der Waals surface area contributed by atoms with Gasteiger partial charge in [0.1, 0.15) is 0 Å². The largest absolute Gasteiger partial charge is 0.403 e. The molecule has 0 fully saturated rings. The second kappa shape index (κ2) is 8.00. The van der Waals surface area contributed by atoms with Crippen molar-refractivity contribution in [2.24, 2.45) is 0 Å². The fraction of sp³-hybridized carbons (Fsp3) is 0.118. The van der Waals surface area contributed by atoms with Gasteiger partial charge in [0.05, 0.1) is 15.5 Å². The predicted octanol–water partition coefficient (Wildman–Crippen LogP) is 3.66. The lowest BCUT2D eigenvalue weighted by Crippen LogP contribution is -2.22. The van der Waals surface area contributed by atoms with Crippen molar-refractivity contribution in [1.82, 2.24) is 14.5 Å². The third-order valence-electron chi connectivity index (χ3n) is 3.70. The van der Waals surface area contributed by atoms with Crippen molar-refractivity contribution in [2.75, 3.05) is 19.4 Å². The summed E-state index contributed by atoms with van der Waals surface area (Å²) in [5.74, 6) is -0.377. The molecule has 3 aromatic rings. The Hall–Kier alpha value is -2.27. The molecule has 1 amide bonds. The number of nitrogens with one attached hydrogen (secondary N) is 1. The molecule has 0 aliphatic carbocycles. The van der Waals surface area contributed by atoms with E-state index in [9.17, 15) is 13.2 Å². The Morgan fingerprint density at radius 1 is 1.14 bits per heavy atom. The van der Waals surface area contributed by atoms with Crippen LogP contribution >= 0.6 is 27.5 Å². The summed E-state index contributed by atoms with van der Waals surface area (Å²) in [5.41, 5.74) is 0.750. The zero-order chi connectivity index (χ0) is 20.5. The van der Waals surface area contributed by atoms with Crippen LogP contribution in [0.4, 0.5) is 6.01 Å². The Bertz CT molecular complexity index is 1130. The third-order valence-corrected chi connectivity index (χ3v) is 6.35. The number of benzene rings is 2. The molecule has 0 saturated carbocycles. The molecule has 0 aliphatic rings. The Morgan fingerprint density at radius 2 is 1.82 bits per heavy atom. The summed E-state index contributed by atoms with van der Waals surface area (Å²) in [6.45, 7) is 0. The van der Waals surface area contributed by atoms with Gasteiger partial charge in [0, 0.05) is 24.1 Å². The first-order valence-electron chi connectivity index (χ1n) is 7.81. The summed E-state index contributed by atoms with van der Waals surface area (Å²) in [6.07, 6.45) is 0. The average Bonchev–Trinajstić information content (AvgIpc) is 3.12. The second-order valence-corrected chi connectivity index (χ2v) is 9.28. The van der Waals surface area contributed by atoms with Crippen LogP contribution in [0, 0.1) is 0 Å². The van der Waals surface area contributed by atoms with Gasteiger partial charge in [0.2, 0.25) is 15.9 Å². The zero-order valence-electron chi connectivity index (χ0n) is 14.7. The normalized spacial score (nSPS) is 11.6. The number of amides is 1. The van der Waals surface area contributed by atoms with E-state index < -0.39 is 15.9 Å². The summed E-state index contributed by atoms with van der Waals surface area (Å²) < 4.78 is 31.5. The lowest BCUT2D eigenvalue weighted by molar-refractivity contribution is 0.102. The van der Waals surface area contributed by atoms with Crippen LogP contribution in [0.2, 0.25) is 5.02 Å². The van der Waals surface area contributed by atoms with Crippen molar-refractivity contribution in [1.29, 1.82) is 0 Å². The van der Waals surface area contributed by atoms with E-state index in [1.165, 1.54) is 26.2 Å². The van der Waals surface area contributed by atoms with Gasteiger partial charge in [-0.25, -0.2) is 12.7 Å². The molecule has 1 aromatic heterocycles. The van der Waals surface area contributed by atoms with Crippen LogP contribution in [0.5, 0.6) is 0 Å². The number of aromatic nitrogens is 2. The molecule has 8 nitrogen and oxygen atoms in total. The molecule has 0 aliphatic heterocycles. The highest BCUT2D eigenvalue weighted by molar-refractivity contribution is 9.10.